The molecule has 31 heavy (non-hydrogen) atoms. The molecule has 0 aliphatic rings. The molecule has 2 aromatic rings. The highest BCUT2D eigenvalue weighted by molar-refractivity contribution is 5.28. The Hall–Kier alpha value is -2.24. The molecule has 0 aliphatic heterocycles. The molecule has 0 bridgehead atoms. The van der Waals surface area contributed by atoms with Gasteiger partial charge in [0.05, 0.1) is 11.2 Å². The van der Waals surface area contributed by atoms with Crippen LogP contribution >= 0.6 is 0 Å². The number of hydrogen-bond acceptors (Lipinski definition) is 9. The lowest BCUT2D eigenvalue weighted by molar-refractivity contribution is -0.569. The Labute approximate surface area is 182 Å². The highest BCUT2D eigenvalue weighted by Gasteiger charge is 2.33. The van der Waals surface area contributed by atoms with E-state index in [2.05, 4.69) is 0 Å². The van der Waals surface area contributed by atoms with Crippen molar-refractivity contribution >= 4 is 0 Å². The number of nitrogens with zero attached hydrogens (tertiary/aromatic N) is 2. The second-order valence-electron chi connectivity index (χ2n) is 9.03. The van der Waals surface area contributed by atoms with Gasteiger partial charge in [-0.05, 0) is 76.3 Å². The van der Waals surface area contributed by atoms with Crippen molar-refractivity contribution in [2.75, 3.05) is 0 Å². The van der Waals surface area contributed by atoms with Gasteiger partial charge in [-0.15, -0.1) is 0 Å². The number of aromatic hydroxyl groups is 2. The lowest BCUT2D eigenvalue weighted by Crippen LogP contribution is -2.41. The number of phenols is 2. The van der Waals surface area contributed by atoms with E-state index in [1.165, 1.54) is 24.3 Å². The van der Waals surface area contributed by atoms with Crippen LogP contribution in [0, 0.1) is 0 Å². The number of phenolic OH excluding ortho intramolecular Hbond substituents is 2. The Kier molecular flexibility index (Phi) is 8.01. The first-order valence-electron chi connectivity index (χ1n) is 9.83. The fourth-order valence-corrected chi connectivity index (χ4v) is 2.60. The van der Waals surface area contributed by atoms with Crippen molar-refractivity contribution in [3.63, 3.8) is 0 Å². The third kappa shape index (κ3) is 8.08. The summed E-state index contributed by atoms with van der Waals surface area (Å²) in [6.45, 7) is 10.8. The quantitative estimate of drug-likeness (QED) is 0.346. The van der Waals surface area contributed by atoms with Crippen molar-refractivity contribution in [3.05, 3.63) is 59.7 Å². The van der Waals surface area contributed by atoms with E-state index < -0.39 is 23.7 Å². The molecule has 2 aromatic carbocycles. The lowest BCUT2D eigenvalue weighted by Gasteiger charge is -2.36. The zero-order valence-corrected chi connectivity index (χ0v) is 18.7. The third-order valence-corrected chi connectivity index (χ3v) is 3.86. The average molecular weight is 437 g/mol. The van der Waals surface area contributed by atoms with Crippen LogP contribution in [-0.2, 0) is 14.4 Å². The van der Waals surface area contributed by atoms with Crippen molar-refractivity contribution in [2.24, 2.45) is 0 Å². The van der Waals surface area contributed by atoms with E-state index in [9.17, 15) is 20.6 Å². The van der Waals surface area contributed by atoms with E-state index in [1.54, 1.807) is 65.8 Å². The van der Waals surface area contributed by atoms with Crippen LogP contribution in [0.15, 0.2) is 48.5 Å². The van der Waals surface area contributed by atoms with Gasteiger partial charge < -0.3 is 19.7 Å². The Bertz CT molecular complexity index is 744. The van der Waals surface area contributed by atoms with Crippen LogP contribution in [0.25, 0.3) is 0 Å². The summed E-state index contributed by atoms with van der Waals surface area (Å²) < 4.78 is 11.8. The maximum Gasteiger partial charge on any atom is 0.188 e. The molecule has 0 heterocycles. The first-order chi connectivity index (χ1) is 14.2. The predicted molar refractivity (Wildman–Crippen MR) is 112 cm³/mol. The van der Waals surface area contributed by atoms with Crippen LogP contribution in [0.3, 0.4) is 0 Å². The Balaban J connectivity index is 2.28. The van der Waals surface area contributed by atoms with Gasteiger partial charge in [0.2, 0.25) is 0 Å². The van der Waals surface area contributed by atoms with Gasteiger partial charge in [-0.1, -0.05) is 24.3 Å². The van der Waals surface area contributed by atoms with Crippen molar-refractivity contribution in [3.8, 4) is 11.5 Å². The van der Waals surface area contributed by atoms with Crippen LogP contribution in [0.1, 0.15) is 65.1 Å². The summed E-state index contributed by atoms with van der Waals surface area (Å²) in [5, 5.41) is 41.1. The molecule has 0 amide bonds. The lowest BCUT2D eigenvalue weighted by atomic mass is 10.1. The van der Waals surface area contributed by atoms with Crippen LogP contribution in [0.5, 0.6) is 11.5 Å². The third-order valence-electron chi connectivity index (χ3n) is 3.86. The maximum atomic E-state index is 10.6. The fraction of sp³-hybridized carbons (Fsp3) is 0.455. The van der Waals surface area contributed by atoms with Gasteiger partial charge in [0.15, 0.2) is 12.5 Å². The predicted octanol–water partition coefficient (Wildman–Crippen LogP) is 4.65. The summed E-state index contributed by atoms with van der Waals surface area (Å²) in [6.07, 6.45) is -2.27. The van der Waals surface area contributed by atoms with E-state index in [0.717, 1.165) is 0 Å². The van der Waals surface area contributed by atoms with Crippen LogP contribution in [0.2, 0.25) is 0 Å². The van der Waals surface area contributed by atoms with Gasteiger partial charge in [-0.25, -0.2) is 0 Å². The minimum Gasteiger partial charge on any atom is -0.508 e. The molecule has 2 rings (SSSR count). The summed E-state index contributed by atoms with van der Waals surface area (Å²) in [5.74, 6) is 0.108. The van der Waals surface area contributed by atoms with E-state index in [0.29, 0.717) is 21.6 Å². The summed E-state index contributed by atoms with van der Waals surface area (Å²) in [4.78, 5) is 5.24. The second kappa shape index (κ2) is 9.92. The van der Waals surface area contributed by atoms with Gasteiger partial charge in [-0.3, -0.25) is 10.4 Å². The number of hydroxylamine groups is 4. The van der Waals surface area contributed by atoms with Crippen LogP contribution in [-0.4, -0.2) is 42.3 Å². The van der Waals surface area contributed by atoms with Crippen molar-refractivity contribution in [2.45, 2.75) is 65.2 Å². The fourth-order valence-electron chi connectivity index (χ4n) is 2.60. The zero-order valence-electron chi connectivity index (χ0n) is 18.7. The molecule has 0 spiro atoms. The van der Waals surface area contributed by atoms with E-state index >= 15 is 0 Å². The van der Waals surface area contributed by atoms with Gasteiger partial charge in [0, 0.05) is 11.1 Å². The highest BCUT2D eigenvalue weighted by Crippen LogP contribution is 2.32. The molecule has 0 aliphatic carbocycles. The standard InChI is InChI=1S/C22H32N2O7/c1-21(2,3)29-19(15-7-11-17(25)12-8-15)23(27)31-24(28)20(30-22(4,5)6)16-9-13-18(26)14-10-16/h7-14,19-20,25-28H,1-6H3. The molecule has 2 atom stereocenters. The van der Waals surface area contributed by atoms with E-state index in [1.807, 2.05) is 0 Å². The Morgan fingerprint density at radius 3 is 1.16 bits per heavy atom. The normalized spacial score (nSPS) is 14.8. The van der Waals surface area contributed by atoms with Gasteiger partial charge in [-0.2, -0.15) is 4.94 Å². The zero-order chi connectivity index (χ0) is 23.4. The SMILES string of the molecule is CC(C)(C)OC(c1ccc(O)cc1)N(O)ON(O)C(OC(C)(C)C)c1ccc(O)cc1. The molecule has 0 saturated carbocycles. The molecule has 0 saturated heterocycles. The molecular weight excluding hydrogens is 404 g/mol. The molecule has 0 radical (unpaired) electrons. The summed E-state index contributed by atoms with van der Waals surface area (Å²) >= 11 is 0. The second-order valence-corrected chi connectivity index (χ2v) is 9.03. The minimum absolute atomic E-state index is 0.0541. The number of benzene rings is 2. The van der Waals surface area contributed by atoms with Gasteiger partial charge in [0.25, 0.3) is 0 Å². The monoisotopic (exact) mass is 436 g/mol. The molecule has 172 valence electrons. The summed E-state index contributed by atoms with van der Waals surface area (Å²) in [7, 11) is 0. The number of ether oxygens (including phenoxy) is 2. The molecule has 4 N–H and O–H groups in total. The maximum absolute atomic E-state index is 10.6. The van der Waals surface area contributed by atoms with Crippen LogP contribution < -0.4 is 0 Å². The number of hydrogen-bond donors (Lipinski definition) is 4. The van der Waals surface area contributed by atoms with E-state index in [4.69, 9.17) is 14.4 Å². The van der Waals surface area contributed by atoms with E-state index in [-0.39, 0.29) is 11.5 Å². The van der Waals surface area contributed by atoms with Crippen molar-refractivity contribution in [1.29, 1.82) is 0 Å². The Morgan fingerprint density at radius 1 is 0.613 bits per heavy atom. The average Bonchev–Trinajstić information content (AvgIpc) is 2.64. The van der Waals surface area contributed by atoms with Crippen molar-refractivity contribution in [1.82, 2.24) is 10.5 Å². The molecule has 2 unspecified atom stereocenters. The van der Waals surface area contributed by atoms with Crippen molar-refractivity contribution < 1.29 is 35.0 Å². The first-order valence-corrected chi connectivity index (χ1v) is 9.83. The smallest absolute Gasteiger partial charge is 0.188 e. The Morgan fingerprint density at radius 2 is 0.903 bits per heavy atom. The number of rotatable bonds is 8. The molecule has 0 fully saturated rings. The largest absolute Gasteiger partial charge is 0.508 e. The molecule has 9 heteroatoms. The van der Waals surface area contributed by atoms with Gasteiger partial charge >= 0.3 is 0 Å². The summed E-state index contributed by atoms with van der Waals surface area (Å²) in [5.41, 5.74) is -0.403. The highest BCUT2D eigenvalue weighted by atomic mass is 17.1. The van der Waals surface area contributed by atoms with Gasteiger partial charge in [0.1, 0.15) is 11.5 Å². The topological polar surface area (TPSA) is 115 Å². The van der Waals surface area contributed by atoms with Crippen LogP contribution in [0.4, 0.5) is 0 Å². The summed E-state index contributed by atoms with van der Waals surface area (Å²) in [6, 6.07) is 12.0. The molecule has 9 nitrogen and oxygen atoms in total. The first kappa shape index (κ1) is 25.0. The minimum atomic E-state index is -1.13. The molecule has 0 aromatic heterocycles. The molecular formula is C22H32N2O7.